The zero-order valence-electron chi connectivity index (χ0n) is 10.2. The fourth-order valence-electron chi connectivity index (χ4n) is 1.93. The molecule has 1 atom stereocenters. The summed E-state index contributed by atoms with van der Waals surface area (Å²) in [4.78, 5) is 0. The predicted octanol–water partition coefficient (Wildman–Crippen LogP) is 2.15. The highest BCUT2D eigenvalue weighted by atomic mass is 19.1. The van der Waals surface area contributed by atoms with Crippen LogP contribution in [-0.4, -0.2) is 14.9 Å². The van der Waals surface area contributed by atoms with Gasteiger partial charge in [0.25, 0.3) is 0 Å². The molecule has 2 rings (SSSR count). The first-order chi connectivity index (χ1) is 8.37. The lowest BCUT2D eigenvalue weighted by Gasteiger charge is -2.23. The summed E-state index contributed by atoms with van der Waals surface area (Å²) < 4.78 is 27.9. The molecule has 0 aliphatic carbocycles. The van der Waals surface area contributed by atoms with Crippen molar-refractivity contribution in [3.8, 4) is 0 Å². The van der Waals surface area contributed by atoms with Crippen molar-refractivity contribution in [2.75, 3.05) is 0 Å². The molecule has 0 saturated carbocycles. The lowest BCUT2D eigenvalue weighted by Crippen LogP contribution is -2.24. The van der Waals surface area contributed by atoms with Crippen LogP contribution in [0, 0.1) is 11.6 Å². The monoisotopic (exact) mass is 252 g/mol. The van der Waals surface area contributed by atoms with Crippen LogP contribution in [0.1, 0.15) is 18.1 Å². The van der Waals surface area contributed by atoms with Crippen molar-refractivity contribution < 1.29 is 13.9 Å². The predicted molar refractivity (Wildman–Crippen MR) is 62.8 cm³/mol. The molecule has 3 nitrogen and oxygen atoms in total. The van der Waals surface area contributed by atoms with E-state index in [1.54, 1.807) is 24.1 Å². The fourth-order valence-corrected chi connectivity index (χ4v) is 1.93. The Labute approximate surface area is 104 Å². The third-order valence-electron chi connectivity index (χ3n) is 2.79. The van der Waals surface area contributed by atoms with Crippen LogP contribution in [0.25, 0.3) is 0 Å². The van der Waals surface area contributed by atoms with Crippen LogP contribution in [-0.2, 0) is 19.1 Å². The largest absolute Gasteiger partial charge is 0.385 e. The average Bonchev–Trinajstić information content (AvgIpc) is 2.61. The molecule has 96 valence electrons. The van der Waals surface area contributed by atoms with Crippen molar-refractivity contribution in [2.45, 2.75) is 18.9 Å². The van der Waals surface area contributed by atoms with Gasteiger partial charge in [0.1, 0.15) is 11.6 Å². The first-order valence-corrected chi connectivity index (χ1v) is 5.53. The van der Waals surface area contributed by atoms with Gasteiger partial charge in [0, 0.05) is 25.7 Å². The third-order valence-corrected chi connectivity index (χ3v) is 2.79. The summed E-state index contributed by atoms with van der Waals surface area (Å²) in [5, 5.41) is 14.3. The molecule has 0 aliphatic rings. The number of halogens is 2. The second-order valence-electron chi connectivity index (χ2n) is 4.63. The van der Waals surface area contributed by atoms with Crippen LogP contribution in [0.15, 0.2) is 30.6 Å². The van der Waals surface area contributed by atoms with Gasteiger partial charge in [-0.3, -0.25) is 4.68 Å². The van der Waals surface area contributed by atoms with E-state index in [1.807, 2.05) is 0 Å². The molecule has 5 heteroatoms. The van der Waals surface area contributed by atoms with Crippen molar-refractivity contribution in [3.05, 3.63) is 53.4 Å². The Hall–Kier alpha value is -1.75. The number of hydrogen-bond acceptors (Lipinski definition) is 2. The number of aryl methyl sites for hydroxylation is 1. The van der Waals surface area contributed by atoms with Crippen molar-refractivity contribution in [1.82, 2.24) is 9.78 Å². The first kappa shape index (κ1) is 12.7. The molecule has 0 radical (unpaired) electrons. The van der Waals surface area contributed by atoms with Gasteiger partial charge in [0.15, 0.2) is 0 Å². The minimum atomic E-state index is -1.34. The number of nitrogens with zero attached hydrogens (tertiary/aromatic N) is 2. The van der Waals surface area contributed by atoms with Gasteiger partial charge in [-0.25, -0.2) is 8.78 Å². The van der Waals surface area contributed by atoms with E-state index in [1.165, 1.54) is 6.92 Å². The summed E-state index contributed by atoms with van der Waals surface area (Å²) in [5.41, 5.74) is -0.331. The number of benzene rings is 1. The maximum atomic E-state index is 13.1. The summed E-state index contributed by atoms with van der Waals surface area (Å²) in [6, 6.07) is 3.06. The standard InChI is InChI=1S/C13H14F2N2O/c1-13(18,6-9-7-16-17(2)8-9)10-3-11(14)5-12(15)4-10/h3-5,7-8,18H,6H2,1-2H3. The van der Waals surface area contributed by atoms with E-state index in [4.69, 9.17) is 0 Å². The zero-order chi connectivity index (χ0) is 13.3. The molecule has 2 aromatic rings. The summed E-state index contributed by atoms with van der Waals surface area (Å²) in [7, 11) is 1.76. The molecule has 18 heavy (non-hydrogen) atoms. The van der Waals surface area contributed by atoms with E-state index in [2.05, 4.69) is 5.10 Å². The molecule has 0 spiro atoms. The van der Waals surface area contributed by atoms with Gasteiger partial charge in [0.2, 0.25) is 0 Å². The van der Waals surface area contributed by atoms with Crippen LogP contribution in [0.2, 0.25) is 0 Å². The molecular formula is C13H14F2N2O. The minimum Gasteiger partial charge on any atom is -0.385 e. The Balaban J connectivity index is 2.29. The van der Waals surface area contributed by atoms with Crippen LogP contribution in [0.3, 0.4) is 0 Å². The van der Waals surface area contributed by atoms with Gasteiger partial charge in [-0.2, -0.15) is 5.10 Å². The van der Waals surface area contributed by atoms with Gasteiger partial charge in [0.05, 0.1) is 11.8 Å². The summed E-state index contributed by atoms with van der Waals surface area (Å²) >= 11 is 0. The Bertz CT molecular complexity index is 544. The lowest BCUT2D eigenvalue weighted by molar-refractivity contribution is 0.0569. The van der Waals surface area contributed by atoms with Gasteiger partial charge in [-0.1, -0.05) is 0 Å². The highest BCUT2D eigenvalue weighted by molar-refractivity contribution is 5.26. The van der Waals surface area contributed by atoms with Crippen LogP contribution in [0.5, 0.6) is 0 Å². The Morgan fingerprint density at radius 3 is 2.39 bits per heavy atom. The molecule has 0 saturated heterocycles. The lowest BCUT2D eigenvalue weighted by atomic mass is 9.90. The van der Waals surface area contributed by atoms with E-state index in [0.29, 0.717) is 0 Å². The number of aromatic nitrogens is 2. The van der Waals surface area contributed by atoms with Crippen molar-refractivity contribution in [2.24, 2.45) is 7.05 Å². The summed E-state index contributed by atoms with van der Waals surface area (Å²) in [5.74, 6) is -1.40. The molecule has 0 aliphatic heterocycles. The smallest absolute Gasteiger partial charge is 0.126 e. The number of aliphatic hydroxyl groups is 1. The SMILES string of the molecule is Cn1cc(CC(C)(O)c2cc(F)cc(F)c2)cn1. The Kier molecular flexibility index (Phi) is 3.17. The molecule has 1 heterocycles. The van der Waals surface area contributed by atoms with Crippen LogP contribution in [0.4, 0.5) is 8.78 Å². The first-order valence-electron chi connectivity index (χ1n) is 5.53. The quantitative estimate of drug-likeness (QED) is 0.909. The Morgan fingerprint density at radius 2 is 1.89 bits per heavy atom. The normalized spacial score (nSPS) is 14.5. The molecular weight excluding hydrogens is 238 g/mol. The molecule has 1 aromatic carbocycles. The van der Waals surface area contributed by atoms with Gasteiger partial charge < -0.3 is 5.11 Å². The molecule has 0 bridgehead atoms. The second-order valence-corrected chi connectivity index (χ2v) is 4.63. The average molecular weight is 252 g/mol. The van der Waals surface area contributed by atoms with Gasteiger partial charge in [-0.05, 0) is 30.2 Å². The minimum absolute atomic E-state index is 0.212. The molecule has 1 N–H and O–H groups in total. The zero-order valence-corrected chi connectivity index (χ0v) is 10.2. The molecule has 0 amide bonds. The van der Waals surface area contributed by atoms with Gasteiger partial charge in [-0.15, -0.1) is 0 Å². The molecule has 1 aromatic heterocycles. The maximum absolute atomic E-state index is 13.1. The van der Waals surface area contributed by atoms with Crippen LogP contribution >= 0.6 is 0 Å². The second kappa shape index (κ2) is 4.49. The molecule has 0 fully saturated rings. The third kappa shape index (κ3) is 2.73. The number of rotatable bonds is 3. The van der Waals surface area contributed by atoms with Crippen molar-refractivity contribution in [1.29, 1.82) is 0 Å². The summed E-state index contributed by atoms with van der Waals surface area (Å²) in [6.45, 7) is 1.52. The van der Waals surface area contributed by atoms with E-state index < -0.39 is 17.2 Å². The van der Waals surface area contributed by atoms with E-state index in [0.717, 1.165) is 23.8 Å². The summed E-state index contributed by atoms with van der Waals surface area (Å²) in [6.07, 6.45) is 3.61. The van der Waals surface area contributed by atoms with Crippen molar-refractivity contribution in [3.63, 3.8) is 0 Å². The Morgan fingerprint density at radius 1 is 1.28 bits per heavy atom. The topological polar surface area (TPSA) is 38.0 Å². The van der Waals surface area contributed by atoms with E-state index in [9.17, 15) is 13.9 Å². The van der Waals surface area contributed by atoms with Gasteiger partial charge >= 0.3 is 0 Å². The fraction of sp³-hybridized carbons (Fsp3) is 0.308. The number of hydrogen-bond donors (Lipinski definition) is 1. The van der Waals surface area contributed by atoms with Crippen LogP contribution < -0.4 is 0 Å². The maximum Gasteiger partial charge on any atom is 0.126 e. The van der Waals surface area contributed by atoms with E-state index in [-0.39, 0.29) is 12.0 Å². The van der Waals surface area contributed by atoms with E-state index >= 15 is 0 Å². The highest BCUT2D eigenvalue weighted by Crippen LogP contribution is 2.26. The van der Waals surface area contributed by atoms with Crippen molar-refractivity contribution >= 4 is 0 Å². The highest BCUT2D eigenvalue weighted by Gasteiger charge is 2.25. The molecule has 1 unspecified atom stereocenters.